The maximum Gasteiger partial charge on any atom is 0.184 e. The predicted molar refractivity (Wildman–Crippen MR) is 72.4 cm³/mol. The number of nitrogens with one attached hydrogen (secondary N) is 1. The molecule has 0 fully saturated rings. The Labute approximate surface area is 112 Å². The zero-order valence-electron chi connectivity index (χ0n) is 10.2. The molecule has 4 heterocycles. The van der Waals surface area contributed by atoms with Gasteiger partial charge in [0, 0.05) is 23.3 Å². The number of rotatable bonds is 1. The molecule has 0 atom stereocenters. The van der Waals surface area contributed by atoms with Crippen LogP contribution in [0.3, 0.4) is 0 Å². The van der Waals surface area contributed by atoms with Gasteiger partial charge in [0.15, 0.2) is 11.6 Å². The van der Waals surface area contributed by atoms with Gasteiger partial charge in [-0.25, -0.2) is 18.9 Å². The zero-order valence-corrected chi connectivity index (χ0v) is 10.2. The third-order valence-corrected chi connectivity index (χ3v) is 3.16. The van der Waals surface area contributed by atoms with Crippen LogP contribution in [0, 0.1) is 5.82 Å². The first-order chi connectivity index (χ1) is 9.72. The summed E-state index contributed by atoms with van der Waals surface area (Å²) < 4.78 is 15.0. The standard InChI is InChI=1S/C13H9FN6/c14-7-4-8-9(6-17-12(8)16-5-7)13-18-11(15)10-2-1-3-20(10)19-13/h1-6H,(H,16,17)(H2,15,18,19). The molecular weight excluding hydrogens is 259 g/mol. The third kappa shape index (κ3) is 1.46. The van der Waals surface area contributed by atoms with Gasteiger partial charge in [0.1, 0.15) is 17.0 Å². The Balaban J connectivity index is 2.03. The van der Waals surface area contributed by atoms with E-state index in [1.165, 1.54) is 6.07 Å². The average Bonchev–Trinajstić information content (AvgIpc) is 3.04. The first-order valence-electron chi connectivity index (χ1n) is 5.96. The molecule has 0 bridgehead atoms. The highest BCUT2D eigenvalue weighted by Gasteiger charge is 2.13. The molecule has 0 radical (unpaired) electrons. The van der Waals surface area contributed by atoms with Crippen molar-refractivity contribution in [2.24, 2.45) is 0 Å². The second-order valence-electron chi connectivity index (χ2n) is 4.41. The van der Waals surface area contributed by atoms with Crippen molar-refractivity contribution in [1.82, 2.24) is 24.6 Å². The van der Waals surface area contributed by atoms with Crippen LogP contribution in [0.1, 0.15) is 0 Å². The van der Waals surface area contributed by atoms with E-state index in [4.69, 9.17) is 5.73 Å². The number of hydrogen-bond acceptors (Lipinski definition) is 4. The number of anilines is 1. The summed E-state index contributed by atoms with van der Waals surface area (Å²) in [6.07, 6.45) is 4.64. The Morgan fingerprint density at radius 1 is 1.35 bits per heavy atom. The Kier molecular flexibility index (Phi) is 2.06. The van der Waals surface area contributed by atoms with Crippen LogP contribution < -0.4 is 5.73 Å². The lowest BCUT2D eigenvalue weighted by atomic mass is 10.2. The summed E-state index contributed by atoms with van der Waals surface area (Å²) in [7, 11) is 0. The second kappa shape index (κ2) is 3.77. The number of fused-ring (bicyclic) bond motifs is 2. The first-order valence-corrected chi connectivity index (χ1v) is 5.96. The maximum atomic E-state index is 13.3. The Hall–Kier alpha value is -2.96. The minimum Gasteiger partial charge on any atom is -0.382 e. The van der Waals surface area contributed by atoms with E-state index >= 15 is 0 Å². The van der Waals surface area contributed by atoms with E-state index < -0.39 is 5.82 Å². The van der Waals surface area contributed by atoms with E-state index in [0.717, 1.165) is 11.7 Å². The Bertz CT molecular complexity index is 938. The van der Waals surface area contributed by atoms with E-state index in [-0.39, 0.29) is 0 Å². The van der Waals surface area contributed by atoms with Gasteiger partial charge in [0.2, 0.25) is 0 Å². The highest BCUT2D eigenvalue weighted by molar-refractivity contribution is 5.91. The molecular formula is C13H9FN6. The number of aromatic nitrogens is 5. The Morgan fingerprint density at radius 3 is 3.15 bits per heavy atom. The smallest absolute Gasteiger partial charge is 0.184 e. The number of H-pyrrole nitrogens is 1. The van der Waals surface area contributed by atoms with Crippen molar-refractivity contribution in [2.75, 3.05) is 5.73 Å². The summed E-state index contributed by atoms with van der Waals surface area (Å²) >= 11 is 0. The van der Waals surface area contributed by atoms with E-state index in [0.29, 0.717) is 28.2 Å². The highest BCUT2D eigenvalue weighted by atomic mass is 19.1. The fourth-order valence-electron chi connectivity index (χ4n) is 2.24. The molecule has 3 N–H and O–H groups in total. The van der Waals surface area contributed by atoms with Crippen LogP contribution in [0.4, 0.5) is 10.2 Å². The third-order valence-electron chi connectivity index (χ3n) is 3.16. The zero-order chi connectivity index (χ0) is 13.7. The molecule has 4 aromatic rings. The summed E-state index contributed by atoms with van der Waals surface area (Å²) in [5.41, 5.74) is 7.89. The van der Waals surface area contributed by atoms with Crippen LogP contribution in [0.15, 0.2) is 36.8 Å². The van der Waals surface area contributed by atoms with Crippen LogP contribution in [0.2, 0.25) is 0 Å². The van der Waals surface area contributed by atoms with Crippen molar-refractivity contribution >= 4 is 22.4 Å². The van der Waals surface area contributed by atoms with Crippen molar-refractivity contribution in [3.8, 4) is 11.4 Å². The van der Waals surface area contributed by atoms with Crippen LogP contribution in [-0.2, 0) is 0 Å². The van der Waals surface area contributed by atoms with Gasteiger partial charge in [-0.1, -0.05) is 0 Å². The molecule has 6 nitrogen and oxygen atoms in total. The Morgan fingerprint density at radius 2 is 2.25 bits per heavy atom. The molecule has 20 heavy (non-hydrogen) atoms. The molecule has 98 valence electrons. The topological polar surface area (TPSA) is 84.9 Å². The monoisotopic (exact) mass is 268 g/mol. The number of aromatic amines is 1. The quantitative estimate of drug-likeness (QED) is 0.553. The van der Waals surface area contributed by atoms with Gasteiger partial charge in [-0.3, -0.25) is 0 Å². The molecule has 0 spiro atoms. The largest absolute Gasteiger partial charge is 0.382 e. The summed E-state index contributed by atoms with van der Waals surface area (Å²) in [6, 6.07) is 5.06. The van der Waals surface area contributed by atoms with Gasteiger partial charge in [0.05, 0.1) is 6.20 Å². The van der Waals surface area contributed by atoms with Crippen LogP contribution in [0.25, 0.3) is 27.9 Å². The molecule has 0 saturated carbocycles. The van der Waals surface area contributed by atoms with Gasteiger partial charge in [-0.05, 0) is 18.2 Å². The van der Waals surface area contributed by atoms with Crippen molar-refractivity contribution < 1.29 is 4.39 Å². The van der Waals surface area contributed by atoms with E-state index in [9.17, 15) is 4.39 Å². The number of pyridine rings is 1. The van der Waals surface area contributed by atoms with Gasteiger partial charge in [-0.15, -0.1) is 5.10 Å². The van der Waals surface area contributed by atoms with Crippen LogP contribution >= 0.6 is 0 Å². The second-order valence-corrected chi connectivity index (χ2v) is 4.41. The molecule has 4 aromatic heterocycles. The SMILES string of the molecule is Nc1nc(-c2c[nH]c3ncc(F)cc23)nn2cccc12. The fraction of sp³-hybridized carbons (Fsp3) is 0. The number of halogens is 1. The first kappa shape index (κ1) is 10.9. The molecule has 0 aliphatic rings. The minimum atomic E-state index is -0.409. The molecule has 0 saturated heterocycles. The summed E-state index contributed by atoms with van der Waals surface area (Å²) in [6.45, 7) is 0. The van der Waals surface area contributed by atoms with Crippen molar-refractivity contribution in [3.05, 3.63) is 42.6 Å². The lowest BCUT2D eigenvalue weighted by Crippen LogP contribution is -2.02. The molecule has 0 aliphatic heterocycles. The highest BCUT2D eigenvalue weighted by Crippen LogP contribution is 2.26. The number of hydrogen-bond donors (Lipinski definition) is 2. The van der Waals surface area contributed by atoms with Gasteiger partial charge in [-0.2, -0.15) is 0 Å². The number of nitrogens with two attached hydrogens (primary N) is 1. The lowest BCUT2D eigenvalue weighted by Gasteiger charge is -2.02. The molecule has 7 heteroatoms. The predicted octanol–water partition coefficient (Wildman–Crippen LogP) is 1.99. The van der Waals surface area contributed by atoms with Crippen molar-refractivity contribution in [2.45, 2.75) is 0 Å². The van der Waals surface area contributed by atoms with E-state index in [1.54, 1.807) is 16.9 Å². The fourth-order valence-corrected chi connectivity index (χ4v) is 2.24. The normalized spacial score (nSPS) is 11.4. The molecule has 0 amide bonds. The number of nitrogen functional groups attached to an aromatic ring is 1. The minimum absolute atomic E-state index is 0.374. The van der Waals surface area contributed by atoms with Crippen molar-refractivity contribution in [1.29, 1.82) is 0 Å². The van der Waals surface area contributed by atoms with Crippen molar-refractivity contribution in [3.63, 3.8) is 0 Å². The van der Waals surface area contributed by atoms with Crippen LogP contribution in [-0.4, -0.2) is 24.6 Å². The molecule has 4 rings (SSSR count). The average molecular weight is 268 g/mol. The summed E-state index contributed by atoms with van der Waals surface area (Å²) in [5.74, 6) is 0.386. The molecule has 0 aliphatic carbocycles. The van der Waals surface area contributed by atoms with Gasteiger partial charge >= 0.3 is 0 Å². The number of nitrogens with zero attached hydrogens (tertiary/aromatic N) is 4. The molecule has 0 unspecified atom stereocenters. The lowest BCUT2D eigenvalue weighted by molar-refractivity contribution is 0.624. The summed E-state index contributed by atoms with van der Waals surface area (Å²) in [5, 5.41) is 4.99. The van der Waals surface area contributed by atoms with Gasteiger partial charge in [0.25, 0.3) is 0 Å². The molecule has 0 aromatic carbocycles. The van der Waals surface area contributed by atoms with E-state index in [2.05, 4.69) is 20.1 Å². The summed E-state index contributed by atoms with van der Waals surface area (Å²) in [4.78, 5) is 11.2. The van der Waals surface area contributed by atoms with Gasteiger partial charge < -0.3 is 10.7 Å². The maximum absolute atomic E-state index is 13.3. The van der Waals surface area contributed by atoms with E-state index in [1.807, 2.05) is 12.1 Å². The van der Waals surface area contributed by atoms with Crippen LogP contribution in [0.5, 0.6) is 0 Å².